The van der Waals surface area contributed by atoms with E-state index in [0.717, 1.165) is 0 Å². The van der Waals surface area contributed by atoms with E-state index in [-0.39, 0.29) is 24.1 Å². The predicted octanol–water partition coefficient (Wildman–Crippen LogP) is -0.756. The molecule has 3 nitrogen and oxygen atoms in total. The number of rotatable bonds is 0. The summed E-state index contributed by atoms with van der Waals surface area (Å²) in [4.78, 5) is 10.1. The zero-order valence-corrected chi connectivity index (χ0v) is 5.68. The standard InChI is InChI=1S/C3H5NO2S.ClH/c5-3-1-7(6)2-4-3;/h1-2H2,(H,4,5);1H. The summed E-state index contributed by atoms with van der Waals surface area (Å²) in [6, 6.07) is 0. The Labute approximate surface area is 55.7 Å². The molecule has 1 atom stereocenters. The van der Waals surface area contributed by atoms with Crippen LogP contribution in [0.25, 0.3) is 0 Å². The molecular weight excluding hydrogens is 150 g/mol. The van der Waals surface area contributed by atoms with Crippen LogP contribution in [0.2, 0.25) is 0 Å². The topological polar surface area (TPSA) is 46.2 Å². The number of carbonyl (C=O) groups excluding carboxylic acids is 1. The van der Waals surface area contributed by atoms with Crippen LogP contribution in [0.1, 0.15) is 0 Å². The molecule has 1 rings (SSSR count). The first-order valence-corrected chi connectivity index (χ1v) is 3.39. The third-order valence-electron chi connectivity index (χ3n) is 0.722. The lowest BCUT2D eigenvalue weighted by atomic mass is 10.7. The number of hydrogen-bond acceptors (Lipinski definition) is 2. The van der Waals surface area contributed by atoms with Crippen LogP contribution in [0.5, 0.6) is 0 Å². The maximum absolute atomic E-state index is 10.3. The summed E-state index contributed by atoms with van der Waals surface area (Å²) >= 11 is 0. The van der Waals surface area contributed by atoms with E-state index < -0.39 is 10.8 Å². The van der Waals surface area contributed by atoms with Gasteiger partial charge in [0.05, 0.1) is 16.7 Å². The lowest BCUT2D eigenvalue weighted by molar-refractivity contribution is -0.117. The largest absolute Gasteiger partial charge is 0.344 e. The van der Waals surface area contributed by atoms with Gasteiger partial charge in [-0.2, -0.15) is 0 Å². The minimum atomic E-state index is -0.914. The molecule has 1 saturated heterocycles. The van der Waals surface area contributed by atoms with E-state index in [2.05, 4.69) is 5.32 Å². The smallest absolute Gasteiger partial charge is 0.233 e. The molecule has 1 unspecified atom stereocenters. The predicted molar refractivity (Wildman–Crippen MR) is 33.3 cm³/mol. The van der Waals surface area contributed by atoms with Crippen molar-refractivity contribution in [2.45, 2.75) is 0 Å². The van der Waals surface area contributed by atoms with Gasteiger partial charge in [-0.15, -0.1) is 12.4 Å². The highest BCUT2D eigenvalue weighted by Crippen LogP contribution is 1.86. The van der Waals surface area contributed by atoms with E-state index >= 15 is 0 Å². The first-order chi connectivity index (χ1) is 3.29. The molecule has 8 heavy (non-hydrogen) atoms. The van der Waals surface area contributed by atoms with Gasteiger partial charge in [0.2, 0.25) is 5.91 Å². The van der Waals surface area contributed by atoms with Crippen molar-refractivity contribution in [1.82, 2.24) is 5.32 Å². The third kappa shape index (κ3) is 1.79. The second-order valence-electron chi connectivity index (χ2n) is 1.33. The van der Waals surface area contributed by atoms with Crippen molar-refractivity contribution in [2.24, 2.45) is 0 Å². The first-order valence-electron chi connectivity index (χ1n) is 1.91. The Morgan fingerprint density at radius 1 is 1.62 bits per heavy atom. The summed E-state index contributed by atoms with van der Waals surface area (Å²) in [5.41, 5.74) is 0. The fraction of sp³-hybridized carbons (Fsp3) is 0.667. The summed E-state index contributed by atoms with van der Waals surface area (Å²) in [5, 5.41) is 2.43. The van der Waals surface area contributed by atoms with Crippen LogP contribution in [0.4, 0.5) is 0 Å². The maximum atomic E-state index is 10.3. The molecule has 1 aliphatic heterocycles. The highest BCUT2D eigenvalue weighted by molar-refractivity contribution is 7.86. The summed E-state index contributed by atoms with van der Waals surface area (Å²) in [6.07, 6.45) is 0. The maximum Gasteiger partial charge on any atom is 0.233 e. The van der Waals surface area contributed by atoms with Crippen molar-refractivity contribution in [3.63, 3.8) is 0 Å². The van der Waals surface area contributed by atoms with Crippen LogP contribution < -0.4 is 5.32 Å². The molecule has 0 aromatic rings. The van der Waals surface area contributed by atoms with Crippen molar-refractivity contribution in [3.8, 4) is 0 Å². The van der Waals surface area contributed by atoms with E-state index in [4.69, 9.17) is 0 Å². The Kier molecular flexibility index (Phi) is 3.01. The molecule has 1 amide bonds. The van der Waals surface area contributed by atoms with Crippen LogP contribution in [-0.4, -0.2) is 21.7 Å². The fourth-order valence-electron chi connectivity index (χ4n) is 0.409. The van der Waals surface area contributed by atoms with Crippen LogP contribution in [0.15, 0.2) is 0 Å². The lowest BCUT2D eigenvalue weighted by Gasteiger charge is -1.78. The monoisotopic (exact) mass is 155 g/mol. The number of amides is 1. The van der Waals surface area contributed by atoms with Crippen molar-refractivity contribution in [1.29, 1.82) is 0 Å². The molecule has 5 heteroatoms. The zero-order chi connectivity index (χ0) is 5.28. The number of hydrogen-bond donors (Lipinski definition) is 1. The summed E-state index contributed by atoms with van der Waals surface area (Å²) in [6.45, 7) is 0. The Balaban J connectivity index is 0.000000490. The molecule has 1 aliphatic rings. The van der Waals surface area contributed by atoms with E-state index in [9.17, 15) is 9.00 Å². The molecule has 0 radical (unpaired) electrons. The van der Waals surface area contributed by atoms with Crippen LogP contribution in [0, 0.1) is 0 Å². The van der Waals surface area contributed by atoms with Gasteiger partial charge in [-0.3, -0.25) is 9.00 Å². The molecule has 0 aromatic heterocycles. The van der Waals surface area contributed by atoms with Gasteiger partial charge in [0, 0.05) is 0 Å². The molecule has 0 spiro atoms. The van der Waals surface area contributed by atoms with Gasteiger partial charge in [-0.05, 0) is 0 Å². The fourth-order valence-corrected chi connectivity index (χ4v) is 1.23. The molecule has 0 bridgehead atoms. The van der Waals surface area contributed by atoms with Crippen LogP contribution in [-0.2, 0) is 15.6 Å². The van der Waals surface area contributed by atoms with Gasteiger partial charge in [0.1, 0.15) is 5.75 Å². The summed E-state index contributed by atoms with van der Waals surface area (Å²) < 4.78 is 10.3. The molecular formula is C3H6ClNO2S. The molecule has 48 valence electrons. The molecule has 1 N–H and O–H groups in total. The molecule has 0 saturated carbocycles. The van der Waals surface area contributed by atoms with E-state index in [1.165, 1.54) is 0 Å². The Bertz CT molecular complexity index is 112. The first kappa shape index (κ1) is 7.91. The van der Waals surface area contributed by atoms with Crippen molar-refractivity contribution < 1.29 is 9.00 Å². The second kappa shape index (κ2) is 3.04. The summed E-state index contributed by atoms with van der Waals surface area (Å²) in [5.74, 6) is 0.442. The third-order valence-corrected chi connectivity index (χ3v) is 1.77. The molecule has 0 aromatic carbocycles. The minimum Gasteiger partial charge on any atom is -0.344 e. The quantitative estimate of drug-likeness (QED) is 0.500. The zero-order valence-electron chi connectivity index (χ0n) is 4.05. The normalized spacial score (nSPS) is 26.5. The van der Waals surface area contributed by atoms with Gasteiger partial charge in [-0.25, -0.2) is 0 Å². The van der Waals surface area contributed by atoms with Crippen LogP contribution >= 0.6 is 12.4 Å². The van der Waals surface area contributed by atoms with Gasteiger partial charge >= 0.3 is 0 Å². The second-order valence-corrected chi connectivity index (χ2v) is 2.79. The SMILES string of the molecule is Cl.O=C1CS(=O)CN1. The highest BCUT2D eigenvalue weighted by atomic mass is 35.5. The van der Waals surface area contributed by atoms with E-state index in [1.807, 2.05) is 0 Å². The van der Waals surface area contributed by atoms with Gasteiger partial charge in [0.25, 0.3) is 0 Å². The number of carbonyl (C=O) groups is 1. The molecule has 0 aliphatic carbocycles. The van der Waals surface area contributed by atoms with Gasteiger partial charge < -0.3 is 5.32 Å². The van der Waals surface area contributed by atoms with Crippen molar-refractivity contribution in [3.05, 3.63) is 0 Å². The Morgan fingerprint density at radius 3 is 2.38 bits per heavy atom. The van der Waals surface area contributed by atoms with Crippen LogP contribution in [0.3, 0.4) is 0 Å². The van der Waals surface area contributed by atoms with Gasteiger partial charge in [0.15, 0.2) is 0 Å². The van der Waals surface area contributed by atoms with Gasteiger partial charge in [-0.1, -0.05) is 0 Å². The van der Waals surface area contributed by atoms with E-state index in [1.54, 1.807) is 0 Å². The average molecular weight is 156 g/mol. The van der Waals surface area contributed by atoms with E-state index in [0.29, 0.717) is 5.88 Å². The molecule has 1 heterocycles. The minimum absolute atomic E-state index is 0. The number of nitrogens with one attached hydrogen (secondary N) is 1. The number of halogens is 1. The Morgan fingerprint density at radius 2 is 2.25 bits per heavy atom. The average Bonchev–Trinajstić information content (AvgIpc) is 1.87. The van der Waals surface area contributed by atoms with Crippen molar-refractivity contribution >= 4 is 29.1 Å². The van der Waals surface area contributed by atoms with Crippen molar-refractivity contribution in [2.75, 3.05) is 11.6 Å². The lowest BCUT2D eigenvalue weighted by Crippen LogP contribution is -2.14. The summed E-state index contributed by atoms with van der Waals surface area (Å²) in [7, 11) is -0.914. The molecule has 1 fully saturated rings. The Hall–Kier alpha value is -0.0900. The highest BCUT2D eigenvalue weighted by Gasteiger charge is 2.14.